The lowest BCUT2D eigenvalue weighted by atomic mass is 9.83. The van der Waals surface area contributed by atoms with Crippen molar-refractivity contribution in [3.63, 3.8) is 0 Å². The number of hydrogen-bond acceptors (Lipinski definition) is 1. The van der Waals surface area contributed by atoms with E-state index in [4.69, 9.17) is 5.26 Å². The first-order chi connectivity index (χ1) is 4.81. The topological polar surface area (TPSA) is 23.8 Å². The van der Waals surface area contributed by atoms with Gasteiger partial charge in [0, 0.05) is 5.92 Å². The molecule has 0 aromatic heterocycles. The monoisotopic (exact) mass is 135 g/mol. The van der Waals surface area contributed by atoms with E-state index in [2.05, 4.69) is 13.0 Å². The van der Waals surface area contributed by atoms with Crippen molar-refractivity contribution < 1.29 is 0 Å². The zero-order valence-corrected chi connectivity index (χ0v) is 6.38. The molecule has 10 heavy (non-hydrogen) atoms. The Kier molecular flexibility index (Phi) is 1.23. The van der Waals surface area contributed by atoms with Crippen molar-refractivity contribution in [2.75, 3.05) is 0 Å². The molecule has 2 aliphatic carbocycles. The van der Waals surface area contributed by atoms with Crippen LogP contribution in [-0.4, -0.2) is 0 Å². The second-order valence-corrected chi connectivity index (χ2v) is 3.97. The van der Waals surface area contributed by atoms with Crippen molar-refractivity contribution in [3.8, 4) is 6.07 Å². The first-order valence-corrected chi connectivity index (χ1v) is 4.21. The van der Waals surface area contributed by atoms with Gasteiger partial charge >= 0.3 is 0 Å². The summed E-state index contributed by atoms with van der Waals surface area (Å²) in [4.78, 5) is 0. The summed E-state index contributed by atoms with van der Waals surface area (Å²) in [5, 5.41) is 8.76. The van der Waals surface area contributed by atoms with Crippen LogP contribution in [0.5, 0.6) is 0 Å². The van der Waals surface area contributed by atoms with E-state index in [-0.39, 0.29) is 0 Å². The van der Waals surface area contributed by atoms with Gasteiger partial charge in [0.15, 0.2) is 0 Å². The molecule has 1 nitrogen and oxygen atoms in total. The quantitative estimate of drug-likeness (QED) is 0.499. The van der Waals surface area contributed by atoms with Gasteiger partial charge in [-0.15, -0.1) is 0 Å². The van der Waals surface area contributed by atoms with Crippen LogP contribution in [0.1, 0.15) is 26.2 Å². The molecule has 0 heterocycles. The first kappa shape index (κ1) is 6.22. The molecule has 54 valence electrons. The Morgan fingerprint density at radius 1 is 1.30 bits per heavy atom. The number of rotatable bonds is 0. The molecule has 0 radical (unpaired) electrons. The smallest absolute Gasteiger partial charge is 0.0658 e. The van der Waals surface area contributed by atoms with E-state index in [0.29, 0.717) is 5.92 Å². The van der Waals surface area contributed by atoms with Gasteiger partial charge in [-0.3, -0.25) is 0 Å². The molecule has 0 saturated heterocycles. The Morgan fingerprint density at radius 2 is 2.10 bits per heavy atom. The minimum atomic E-state index is 0.411. The summed E-state index contributed by atoms with van der Waals surface area (Å²) in [5.74, 6) is 2.97. The van der Waals surface area contributed by atoms with Gasteiger partial charge < -0.3 is 0 Å². The minimum absolute atomic E-state index is 0.411. The lowest BCUT2D eigenvalue weighted by Gasteiger charge is -2.20. The molecule has 0 aromatic rings. The number of fused-ring (bicyclic) bond motifs is 1. The van der Waals surface area contributed by atoms with Crippen molar-refractivity contribution in [2.45, 2.75) is 26.2 Å². The fourth-order valence-electron chi connectivity index (χ4n) is 2.40. The van der Waals surface area contributed by atoms with Crippen LogP contribution >= 0.6 is 0 Å². The average Bonchev–Trinajstić information content (AvgIpc) is 2.64. The first-order valence-electron chi connectivity index (χ1n) is 4.21. The second-order valence-electron chi connectivity index (χ2n) is 3.97. The summed E-state index contributed by atoms with van der Waals surface area (Å²) in [5.41, 5.74) is 0. The summed E-state index contributed by atoms with van der Waals surface area (Å²) in [6.45, 7) is 2.28. The third-order valence-electron chi connectivity index (χ3n) is 3.02. The minimum Gasteiger partial charge on any atom is -0.198 e. The highest BCUT2D eigenvalue weighted by Gasteiger charge is 2.47. The molecule has 0 amide bonds. The Morgan fingerprint density at radius 3 is 2.80 bits per heavy atom. The van der Waals surface area contributed by atoms with Crippen LogP contribution in [0.4, 0.5) is 0 Å². The van der Waals surface area contributed by atoms with E-state index in [1.807, 2.05) is 0 Å². The van der Waals surface area contributed by atoms with Crippen LogP contribution in [0, 0.1) is 35.0 Å². The molecule has 2 saturated carbocycles. The maximum absolute atomic E-state index is 8.76. The predicted molar refractivity (Wildman–Crippen MR) is 39.1 cm³/mol. The van der Waals surface area contributed by atoms with Crippen LogP contribution in [-0.2, 0) is 0 Å². The van der Waals surface area contributed by atoms with Gasteiger partial charge in [-0.25, -0.2) is 0 Å². The molecule has 0 aliphatic heterocycles. The zero-order valence-electron chi connectivity index (χ0n) is 6.38. The number of nitriles is 1. The van der Waals surface area contributed by atoms with Gasteiger partial charge in [-0.05, 0) is 37.0 Å². The Hall–Kier alpha value is -0.510. The zero-order chi connectivity index (χ0) is 7.14. The van der Waals surface area contributed by atoms with Crippen LogP contribution in [0.2, 0.25) is 0 Å². The van der Waals surface area contributed by atoms with Gasteiger partial charge in [-0.2, -0.15) is 5.26 Å². The van der Waals surface area contributed by atoms with E-state index >= 15 is 0 Å². The predicted octanol–water partition coefficient (Wildman–Crippen LogP) is 2.19. The molecular weight excluding hydrogens is 122 g/mol. The van der Waals surface area contributed by atoms with Gasteiger partial charge in [0.1, 0.15) is 0 Å². The van der Waals surface area contributed by atoms with E-state index in [1.165, 1.54) is 12.8 Å². The van der Waals surface area contributed by atoms with Gasteiger partial charge in [0.05, 0.1) is 6.07 Å². The summed E-state index contributed by atoms with van der Waals surface area (Å²) < 4.78 is 0. The van der Waals surface area contributed by atoms with E-state index in [0.717, 1.165) is 24.2 Å². The third-order valence-corrected chi connectivity index (χ3v) is 3.02. The van der Waals surface area contributed by atoms with Crippen molar-refractivity contribution in [3.05, 3.63) is 0 Å². The molecule has 0 spiro atoms. The highest BCUT2D eigenvalue weighted by Crippen LogP contribution is 2.54. The largest absolute Gasteiger partial charge is 0.198 e. The Balaban J connectivity index is 2.04. The van der Waals surface area contributed by atoms with Gasteiger partial charge in [0.2, 0.25) is 0 Å². The maximum Gasteiger partial charge on any atom is 0.0658 e. The summed E-state index contributed by atoms with van der Waals surface area (Å²) in [7, 11) is 0. The highest BCUT2D eigenvalue weighted by atomic mass is 14.5. The van der Waals surface area contributed by atoms with Gasteiger partial charge in [-0.1, -0.05) is 6.92 Å². The van der Waals surface area contributed by atoms with Crippen molar-refractivity contribution in [2.24, 2.45) is 23.7 Å². The van der Waals surface area contributed by atoms with E-state index in [9.17, 15) is 0 Å². The highest BCUT2D eigenvalue weighted by molar-refractivity contribution is 5.04. The molecule has 1 heteroatoms. The third kappa shape index (κ3) is 0.831. The normalized spacial score (nSPS) is 51.2. The van der Waals surface area contributed by atoms with E-state index < -0.39 is 0 Å². The standard InChI is InChI=1S/C9H13N/c1-6-2-7-4-9(7)8(3-6)5-10/h6-9H,2-4H2,1H3/t6?,7?,8-,9+/m0/s1. The molecule has 0 aromatic carbocycles. The summed E-state index contributed by atoms with van der Waals surface area (Å²) >= 11 is 0. The molecule has 2 aliphatic rings. The Labute approximate surface area is 62.0 Å². The average molecular weight is 135 g/mol. The summed E-state index contributed by atoms with van der Waals surface area (Å²) in [6, 6.07) is 2.43. The van der Waals surface area contributed by atoms with Crippen LogP contribution < -0.4 is 0 Å². The molecule has 0 bridgehead atoms. The fourth-order valence-corrected chi connectivity index (χ4v) is 2.40. The van der Waals surface area contributed by atoms with Crippen LogP contribution in [0.25, 0.3) is 0 Å². The van der Waals surface area contributed by atoms with E-state index in [1.54, 1.807) is 0 Å². The molecule has 4 atom stereocenters. The van der Waals surface area contributed by atoms with Gasteiger partial charge in [0.25, 0.3) is 0 Å². The summed E-state index contributed by atoms with van der Waals surface area (Å²) in [6.07, 6.45) is 3.91. The lowest BCUT2D eigenvalue weighted by molar-refractivity contribution is 0.314. The maximum atomic E-state index is 8.76. The fraction of sp³-hybridized carbons (Fsp3) is 0.889. The number of nitrogens with zero attached hydrogens (tertiary/aromatic N) is 1. The second kappa shape index (κ2) is 1.99. The SMILES string of the molecule is CC1CC2C[C@H]2[C@H](C#N)C1. The molecule has 0 N–H and O–H groups in total. The number of hydrogen-bond donors (Lipinski definition) is 0. The van der Waals surface area contributed by atoms with Crippen molar-refractivity contribution in [1.29, 1.82) is 5.26 Å². The molecular formula is C9H13N. The molecule has 2 rings (SSSR count). The van der Waals surface area contributed by atoms with Crippen molar-refractivity contribution >= 4 is 0 Å². The van der Waals surface area contributed by atoms with Crippen LogP contribution in [0.15, 0.2) is 0 Å². The Bertz CT molecular complexity index is 180. The van der Waals surface area contributed by atoms with Crippen LogP contribution in [0.3, 0.4) is 0 Å². The lowest BCUT2D eigenvalue weighted by Crippen LogP contribution is -2.14. The molecule has 2 fully saturated rings. The van der Waals surface area contributed by atoms with Crippen molar-refractivity contribution in [1.82, 2.24) is 0 Å². The molecule has 2 unspecified atom stereocenters.